The maximum Gasteiger partial charge on any atom is 0.264 e. The second kappa shape index (κ2) is 7.65. The number of ether oxygens (including phenoxy) is 1. The predicted octanol–water partition coefficient (Wildman–Crippen LogP) is 3.25. The van der Waals surface area contributed by atoms with E-state index in [1.165, 1.54) is 0 Å². The summed E-state index contributed by atoms with van der Waals surface area (Å²) in [7, 11) is 0. The van der Waals surface area contributed by atoms with Crippen LogP contribution in [0.4, 0.5) is 0 Å². The normalized spacial score (nSPS) is 15.0. The zero-order valence-corrected chi connectivity index (χ0v) is 13.2. The van der Waals surface area contributed by atoms with Crippen LogP contribution in [0.2, 0.25) is 0 Å². The Kier molecular flexibility index (Phi) is 5.60. The van der Waals surface area contributed by atoms with Crippen molar-refractivity contribution in [3.05, 3.63) is 35.4 Å². The van der Waals surface area contributed by atoms with E-state index in [0.717, 1.165) is 37.2 Å². The molecule has 1 fully saturated rings. The van der Waals surface area contributed by atoms with E-state index in [4.69, 9.17) is 4.74 Å². The standard InChI is InChI=1S/C18H22N2O2/c1-14(2)13-22-17-7-5-15(6-8-17)11-16(12-19)18(21)20-9-3-4-10-20/h5-8,11,14H,3-4,9-10,13H2,1-2H3/b16-11+. The average molecular weight is 298 g/mol. The summed E-state index contributed by atoms with van der Waals surface area (Å²) >= 11 is 0. The SMILES string of the molecule is CC(C)COc1ccc(/C=C(\C#N)C(=O)N2CCCC2)cc1. The van der Waals surface area contributed by atoms with Gasteiger partial charge in [0.1, 0.15) is 17.4 Å². The molecule has 0 aliphatic carbocycles. The summed E-state index contributed by atoms with van der Waals surface area (Å²) in [5.74, 6) is 1.11. The number of nitrogens with zero attached hydrogens (tertiary/aromatic N) is 2. The molecule has 0 bridgehead atoms. The second-order valence-electron chi connectivity index (χ2n) is 5.94. The van der Waals surface area contributed by atoms with Gasteiger partial charge in [0.25, 0.3) is 5.91 Å². The van der Waals surface area contributed by atoms with Gasteiger partial charge >= 0.3 is 0 Å². The van der Waals surface area contributed by atoms with E-state index in [1.54, 1.807) is 11.0 Å². The van der Waals surface area contributed by atoms with Crippen LogP contribution in [-0.2, 0) is 4.79 Å². The maximum atomic E-state index is 12.2. The van der Waals surface area contributed by atoms with Crippen molar-refractivity contribution < 1.29 is 9.53 Å². The summed E-state index contributed by atoms with van der Waals surface area (Å²) in [5, 5.41) is 9.23. The van der Waals surface area contributed by atoms with Crippen LogP contribution in [0.15, 0.2) is 29.8 Å². The van der Waals surface area contributed by atoms with Gasteiger partial charge in [0.15, 0.2) is 0 Å². The Hall–Kier alpha value is -2.28. The van der Waals surface area contributed by atoms with E-state index in [2.05, 4.69) is 13.8 Å². The van der Waals surface area contributed by atoms with Gasteiger partial charge in [-0.05, 0) is 42.5 Å². The topological polar surface area (TPSA) is 53.3 Å². The largest absolute Gasteiger partial charge is 0.493 e. The lowest BCUT2D eigenvalue weighted by Crippen LogP contribution is -2.28. The molecule has 1 heterocycles. The molecular weight excluding hydrogens is 276 g/mol. The van der Waals surface area contributed by atoms with Gasteiger partial charge in [-0.3, -0.25) is 4.79 Å². The summed E-state index contributed by atoms with van der Waals surface area (Å²) in [5.41, 5.74) is 1.03. The van der Waals surface area contributed by atoms with Crippen molar-refractivity contribution in [2.75, 3.05) is 19.7 Å². The molecule has 0 unspecified atom stereocenters. The van der Waals surface area contributed by atoms with Gasteiger partial charge in [-0.15, -0.1) is 0 Å². The molecule has 1 aromatic carbocycles. The number of carbonyl (C=O) groups is 1. The van der Waals surface area contributed by atoms with E-state index >= 15 is 0 Å². The minimum atomic E-state index is -0.167. The van der Waals surface area contributed by atoms with Crippen LogP contribution in [0.3, 0.4) is 0 Å². The van der Waals surface area contributed by atoms with Crippen molar-refractivity contribution in [3.63, 3.8) is 0 Å². The van der Waals surface area contributed by atoms with E-state index in [1.807, 2.05) is 30.3 Å². The average Bonchev–Trinajstić information content (AvgIpc) is 3.05. The molecule has 0 radical (unpaired) electrons. The molecule has 0 spiro atoms. The predicted molar refractivity (Wildman–Crippen MR) is 86.2 cm³/mol. The molecule has 2 rings (SSSR count). The highest BCUT2D eigenvalue weighted by Gasteiger charge is 2.21. The lowest BCUT2D eigenvalue weighted by molar-refractivity contribution is -0.125. The number of hydrogen-bond acceptors (Lipinski definition) is 3. The fourth-order valence-electron chi connectivity index (χ4n) is 2.32. The zero-order chi connectivity index (χ0) is 15.9. The minimum Gasteiger partial charge on any atom is -0.493 e. The molecule has 0 N–H and O–H groups in total. The highest BCUT2D eigenvalue weighted by molar-refractivity contribution is 6.01. The Labute approximate surface area is 132 Å². The third-order valence-electron chi connectivity index (χ3n) is 3.52. The summed E-state index contributed by atoms with van der Waals surface area (Å²) in [4.78, 5) is 14.0. The van der Waals surface area contributed by atoms with Crippen LogP contribution >= 0.6 is 0 Å². The summed E-state index contributed by atoms with van der Waals surface area (Å²) < 4.78 is 5.62. The van der Waals surface area contributed by atoms with Crippen molar-refractivity contribution in [3.8, 4) is 11.8 Å². The molecule has 116 valence electrons. The first-order chi connectivity index (χ1) is 10.6. The van der Waals surface area contributed by atoms with Crippen molar-refractivity contribution in [2.45, 2.75) is 26.7 Å². The smallest absolute Gasteiger partial charge is 0.264 e. The van der Waals surface area contributed by atoms with Gasteiger partial charge in [-0.1, -0.05) is 26.0 Å². The molecular formula is C18H22N2O2. The Morgan fingerprint density at radius 1 is 1.32 bits per heavy atom. The highest BCUT2D eigenvalue weighted by atomic mass is 16.5. The first kappa shape index (κ1) is 16.1. The number of nitriles is 1. The van der Waals surface area contributed by atoms with Crippen LogP contribution in [0, 0.1) is 17.2 Å². The number of amides is 1. The summed E-state index contributed by atoms with van der Waals surface area (Å²) in [6, 6.07) is 9.48. The monoisotopic (exact) mass is 298 g/mol. The number of benzene rings is 1. The zero-order valence-electron chi connectivity index (χ0n) is 13.2. The lowest BCUT2D eigenvalue weighted by atomic mass is 10.1. The highest BCUT2D eigenvalue weighted by Crippen LogP contribution is 2.17. The van der Waals surface area contributed by atoms with Gasteiger partial charge in [0.05, 0.1) is 6.61 Å². The second-order valence-corrected chi connectivity index (χ2v) is 5.94. The van der Waals surface area contributed by atoms with Crippen LogP contribution in [0.1, 0.15) is 32.3 Å². The molecule has 4 nitrogen and oxygen atoms in total. The molecule has 4 heteroatoms. The Bertz CT molecular complexity index is 576. The number of carbonyl (C=O) groups excluding carboxylic acids is 1. The number of likely N-dealkylation sites (tertiary alicyclic amines) is 1. The Morgan fingerprint density at radius 2 is 1.95 bits per heavy atom. The van der Waals surface area contributed by atoms with Crippen LogP contribution in [0.5, 0.6) is 5.75 Å². The summed E-state index contributed by atoms with van der Waals surface area (Å²) in [6.07, 6.45) is 3.69. The molecule has 1 saturated heterocycles. The molecule has 0 saturated carbocycles. The van der Waals surface area contributed by atoms with E-state index in [0.29, 0.717) is 12.5 Å². The fraction of sp³-hybridized carbons (Fsp3) is 0.444. The molecule has 1 aliphatic rings. The maximum absolute atomic E-state index is 12.2. The number of hydrogen-bond donors (Lipinski definition) is 0. The summed E-state index contributed by atoms with van der Waals surface area (Å²) in [6.45, 7) is 6.37. The quantitative estimate of drug-likeness (QED) is 0.619. The van der Waals surface area contributed by atoms with E-state index < -0.39 is 0 Å². The van der Waals surface area contributed by atoms with Gasteiger partial charge in [-0.25, -0.2) is 0 Å². The third-order valence-corrected chi connectivity index (χ3v) is 3.52. The third kappa shape index (κ3) is 4.36. The number of rotatable bonds is 5. The van der Waals surface area contributed by atoms with Crippen molar-refractivity contribution in [2.24, 2.45) is 5.92 Å². The minimum absolute atomic E-state index is 0.167. The lowest BCUT2D eigenvalue weighted by Gasteiger charge is -2.14. The molecule has 1 aliphatic heterocycles. The van der Waals surface area contributed by atoms with Gasteiger partial charge in [0.2, 0.25) is 0 Å². The Morgan fingerprint density at radius 3 is 2.50 bits per heavy atom. The first-order valence-corrected chi connectivity index (χ1v) is 7.74. The molecule has 0 aromatic heterocycles. The van der Waals surface area contributed by atoms with Crippen LogP contribution in [-0.4, -0.2) is 30.5 Å². The van der Waals surface area contributed by atoms with Crippen molar-refractivity contribution >= 4 is 12.0 Å². The first-order valence-electron chi connectivity index (χ1n) is 7.74. The Balaban J connectivity index is 2.06. The van der Waals surface area contributed by atoms with E-state index in [9.17, 15) is 10.1 Å². The van der Waals surface area contributed by atoms with Gasteiger partial charge in [0, 0.05) is 13.1 Å². The van der Waals surface area contributed by atoms with Gasteiger partial charge in [-0.2, -0.15) is 5.26 Å². The van der Waals surface area contributed by atoms with Crippen molar-refractivity contribution in [1.29, 1.82) is 5.26 Å². The van der Waals surface area contributed by atoms with E-state index in [-0.39, 0.29) is 11.5 Å². The molecule has 22 heavy (non-hydrogen) atoms. The molecule has 1 aromatic rings. The van der Waals surface area contributed by atoms with Crippen LogP contribution in [0.25, 0.3) is 6.08 Å². The molecule has 1 amide bonds. The van der Waals surface area contributed by atoms with Crippen LogP contribution < -0.4 is 4.74 Å². The molecule has 0 atom stereocenters. The van der Waals surface area contributed by atoms with Gasteiger partial charge < -0.3 is 9.64 Å². The van der Waals surface area contributed by atoms with Crippen molar-refractivity contribution in [1.82, 2.24) is 4.90 Å². The fourth-order valence-corrected chi connectivity index (χ4v) is 2.32.